The first-order chi connectivity index (χ1) is 7.78. The lowest BCUT2D eigenvalue weighted by Gasteiger charge is -2.10. The molecule has 1 aliphatic heterocycles. The SMILES string of the molecule is O=C1CC(CCl)CN1c1n[nH]c(C2CC2)n1. The molecule has 2 heterocycles. The van der Waals surface area contributed by atoms with Crippen molar-refractivity contribution in [3.8, 4) is 0 Å². The first kappa shape index (κ1) is 10.1. The van der Waals surface area contributed by atoms with Gasteiger partial charge in [0.2, 0.25) is 5.91 Å². The topological polar surface area (TPSA) is 61.9 Å². The molecule has 1 aromatic heterocycles. The minimum absolute atomic E-state index is 0.0759. The van der Waals surface area contributed by atoms with Crippen molar-refractivity contribution in [2.75, 3.05) is 17.3 Å². The van der Waals surface area contributed by atoms with Crippen molar-refractivity contribution in [1.29, 1.82) is 0 Å². The molecule has 0 radical (unpaired) electrons. The number of alkyl halides is 1. The summed E-state index contributed by atoms with van der Waals surface area (Å²) in [6, 6.07) is 0. The summed E-state index contributed by atoms with van der Waals surface area (Å²) in [5, 5.41) is 7.01. The minimum atomic E-state index is 0.0759. The van der Waals surface area contributed by atoms with E-state index >= 15 is 0 Å². The van der Waals surface area contributed by atoms with Gasteiger partial charge >= 0.3 is 0 Å². The average Bonchev–Trinajstić information content (AvgIpc) is 2.89. The van der Waals surface area contributed by atoms with Crippen molar-refractivity contribution >= 4 is 23.5 Å². The van der Waals surface area contributed by atoms with Crippen LogP contribution in [0.4, 0.5) is 5.95 Å². The van der Waals surface area contributed by atoms with E-state index < -0.39 is 0 Å². The van der Waals surface area contributed by atoms with Crippen molar-refractivity contribution in [1.82, 2.24) is 15.2 Å². The summed E-state index contributed by atoms with van der Waals surface area (Å²) in [5.74, 6) is 2.78. The van der Waals surface area contributed by atoms with E-state index in [-0.39, 0.29) is 11.8 Å². The minimum Gasteiger partial charge on any atom is -0.279 e. The van der Waals surface area contributed by atoms with Crippen LogP contribution in [-0.4, -0.2) is 33.5 Å². The highest BCUT2D eigenvalue weighted by atomic mass is 35.5. The lowest BCUT2D eigenvalue weighted by atomic mass is 10.2. The number of carbonyl (C=O) groups excluding carboxylic acids is 1. The maximum absolute atomic E-state index is 11.7. The number of aromatic nitrogens is 3. The number of H-pyrrole nitrogens is 1. The normalized spacial score (nSPS) is 25.4. The molecule has 1 saturated heterocycles. The molecule has 3 rings (SSSR count). The Morgan fingerprint density at radius 2 is 2.31 bits per heavy atom. The monoisotopic (exact) mass is 240 g/mol. The summed E-state index contributed by atoms with van der Waals surface area (Å²) < 4.78 is 0. The van der Waals surface area contributed by atoms with Crippen LogP contribution in [0.15, 0.2) is 0 Å². The maximum Gasteiger partial charge on any atom is 0.251 e. The molecule has 2 fully saturated rings. The maximum atomic E-state index is 11.7. The van der Waals surface area contributed by atoms with Gasteiger partial charge in [-0.25, -0.2) is 0 Å². The summed E-state index contributed by atoms with van der Waals surface area (Å²) in [6.07, 6.45) is 2.86. The fraction of sp³-hybridized carbons (Fsp3) is 0.700. The van der Waals surface area contributed by atoms with Crippen molar-refractivity contribution in [3.63, 3.8) is 0 Å². The average molecular weight is 241 g/mol. The van der Waals surface area contributed by atoms with Crippen LogP contribution in [0.2, 0.25) is 0 Å². The van der Waals surface area contributed by atoms with Crippen molar-refractivity contribution in [3.05, 3.63) is 5.82 Å². The predicted molar refractivity (Wildman–Crippen MR) is 59.5 cm³/mol. The summed E-state index contributed by atoms with van der Waals surface area (Å²) >= 11 is 5.76. The fourth-order valence-corrected chi connectivity index (χ4v) is 2.21. The van der Waals surface area contributed by atoms with E-state index in [4.69, 9.17) is 11.6 Å². The fourth-order valence-electron chi connectivity index (χ4n) is 2.00. The van der Waals surface area contributed by atoms with Gasteiger partial charge in [-0.1, -0.05) is 0 Å². The molecular weight excluding hydrogens is 228 g/mol. The van der Waals surface area contributed by atoms with Gasteiger partial charge in [-0.15, -0.1) is 16.7 Å². The van der Waals surface area contributed by atoms with Gasteiger partial charge in [0.05, 0.1) is 0 Å². The molecule has 16 heavy (non-hydrogen) atoms. The molecule has 1 saturated carbocycles. The van der Waals surface area contributed by atoms with E-state index in [2.05, 4.69) is 15.2 Å². The van der Waals surface area contributed by atoms with Crippen molar-refractivity contribution in [2.24, 2.45) is 5.92 Å². The van der Waals surface area contributed by atoms with Crippen LogP contribution in [0.25, 0.3) is 0 Å². The molecule has 1 amide bonds. The molecule has 0 aromatic carbocycles. The Labute approximate surface area is 98.2 Å². The largest absolute Gasteiger partial charge is 0.279 e. The first-order valence-corrected chi connectivity index (χ1v) is 6.10. The molecule has 0 spiro atoms. The van der Waals surface area contributed by atoms with Gasteiger partial charge in [-0.2, -0.15) is 4.98 Å². The molecule has 1 unspecified atom stereocenters. The third-order valence-corrected chi connectivity index (χ3v) is 3.56. The van der Waals surface area contributed by atoms with E-state index in [0.717, 1.165) is 5.82 Å². The first-order valence-electron chi connectivity index (χ1n) is 5.56. The van der Waals surface area contributed by atoms with Crippen molar-refractivity contribution in [2.45, 2.75) is 25.2 Å². The Bertz CT molecular complexity index is 415. The summed E-state index contributed by atoms with van der Waals surface area (Å²) in [6.45, 7) is 0.643. The summed E-state index contributed by atoms with van der Waals surface area (Å²) in [7, 11) is 0. The van der Waals surface area contributed by atoms with Gasteiger partial charge in [-0.3, -0.25) is 14.8 Å². The number of halogens is 1. The van der Waals surface area contributed by atoms with Gasteiger partial charge < -0.3 is 0 Å². The molecule has 1 atom stereocenters. The van der Waals surface area contributed by atoms with Crippen LogP contribution in [0.3, 0.4) is 0 Å². The van der Waals surface area contributed by atoms with Gasteiger partial charge in [-0.05, 0) is 18.8 Å². The lowest BCUT2D eigenvalue weighted by Crippen LogP contribution is -2.25. The molecule has 1 aliphatic carbocycles. The Balaban J connectivity index is 1.78. The Morgan fingerprint density at radius 3 is 2.94 bits per heavy atom. The van der Waals surface area contributed by atoms with Crippen molar-refractivity contribution < 1.29 is 4.79 Å². The number of aromatic amines is 1. The molecule has 1 aromatic rings. The van der Waals surface area contributed by atoms with E-state index in [1.165, 1.54) is 12.8 Å². The second-order valence-electron chi connectivity index (χ2n) is 4.52. The third kappa shape index (κ3) is 1.69. The summed E-state index contributed by atoms with van der Waals surface area (Å²) in [5.41, 5.74) is 0. The van der Waals surface area contributed by atoms with E-state index in [1.54, 1.807) is 4.90 Å². The van der Waals surface area contributed by atoms with Crippen LogP contribution in [0.5, 0.6) is 0 Å². The number of rotatable bonds is 3. The van der Waals surface area contributed by atoms with Gasteiger partial charge in [0.1, 0.15) is 5.82 Å². The third-order valence-electron chi connectivity index (χ3n) is 3.12. The Kier molecular flexibility index (Phi) is 2.35. The van der Waals surface area contributed by atoms with Crippen LogP contribution in [-0.2, 0) is 4.79 Å². The second kappa shape index (κ2) is 3.73. The smallest absolute Gasteiger partial charge is 0.251 e. The van der Waals surface area contributed by atoms with E-state index in [0.29, 0.717) is 30.7 Å². The highest BCUT2D eigenvalue weighted by molar-refractivity contribution is 6.18. The predicted octanol–water partition coefficient (Wildman–Crippen LogP) is 1.27. The number of carbonyl (C=O) groups is 1. The lowest BCUT2D eigenvalue weighted by molar-refractivity contribution is -0.117. The van der Waals surface area contributed by atoms with Crippen LogP contribution in [0.1, 0.15) is 31.0 Å². The number of hydrogen-bond donors (Lipinski definition) is 1. The molecule has 2 aliphatic rings. The molecular formula is C10H13ClN4O. The molecule has 1 N–H and O–H groups in total. The van der Waals surface area contributed by atoms with E-state index in [1.807, 2.05) is 0 Å². The molecule has 0 bridgehead atoms. The molecule has 6 heteroatoms. The van der Waals surface area contributed by atoms with Crippen LogP contribution >= 0.6 is 11.6 Å². The Hall–Kier alpha value is -1.10. The van der Waals surface area contributed by atoms with Gasteiger partial charge in [0, 0.05) is 24.8 Å². The van der Waals surface area contributed by atoms with Gasteiger partial charge in [0.15, 0.2) is 0 Å². The zero-order valence-electron chi connectivity index (χ0n) is 8.82. The quantitative estimate of drug-likeness (QED) is 0.810. The summed E-state index contributed by atoms with van der Waals surface area (Å²) in [4.78, 5) is 17.7. The van der Waals surface area contributed by atoms with Crippen LogP contribution in [0, 0.1) is 5.92 Å². The molecule has 86 valence electrons. The number of hydrogen-bond acceptors (Lipinski definition) is 3. The zero-order valence-corrected chi connectivity index (χ0v) is 9.57. The zero-order chi connectivity index (χ0) is 11.1. The Morgan fingerprint density at radius 1 is 1.50 bits per heavy atom. The highest BCUT2D eigenvalue weighted by Crippen LogP contribution is 2.38. The van der Waals surface area contributed by atoms with Crippen LogP contribution < -0.4 is 4.90 Å². The number of amides is 1. The number of nitrogens with one attached hydrogen (secondary N) is 1. The number of anilines is 1. The second-order valence-corrected chi connectivity index (χ2v) is 4.83. The van der Waals surface area contributed by atoms with Gasteiger partial charge in [0.25, 0.3) is 5.95 Å². The highest BCUT2D eigenvalue weighted by Gasteiger charge is 2.34. The number of nitrogens with zero attached hydrogens (tertiary/aromatic N) is 3. The standard InChI is InChI=1S/C10H13ClN4O/c11-4-6-3-8(16)15(5-6)10-12-9(13-14-10)7-1-2-7/h6-7H,1-5H2,(H,12,13,14). The van der Waals surface area contributed by atoms with E-state index in [9.17, 15) is 4.79 Å². The molecule has 5 nitrogen and oxygen atoms in total.